The number of amides is 2. The first-order valence-electron chi connectivity index (χ1n) is 10.2. The Bertz CT molecular complexity index is 782. The Hall–Kier alpha value is -2.37. The Morgan fingerprint density at radius 1 is 1.19 bits per heavy atom. The van der Waals surface area contributed by atoms with E-state index in [1.807, 2.05) is 24.3 Å². The number of benzene rings is 1. The maximum atomic E-state index is 12.5. The molecule has 2 aromatic rings. The molecule has 1 saturated carbocycles. The highest BCUT2D eigenvalue weighted by molar-refractivity contribution is 5.85. The van der Waals surface area contributed by atoms with Crippen LogP contribution >= 0.6 is 0 Å². The van der Waals surface area contributed by atoms with E-state index < -0.39 is 0 Å². The number of hydrogen-bond donors (Lipinski definition) is 2. The summed E-state index contributed by atoms with van der Waals surface area (Å²) in [5.41, 5.74) is 2.07. The summed E-state index contributed by atoms with van der Waals surface area (Å²) < 4.78 is 0. The molecule has 1 aliphatic heterocycles. The molecule has 1 aromatic heterocycles. The standard InChI is InChI=1S/C21H28N4O2/c26-19(14-25-12-5-1-2-11-20(25)27)22-16-8-6-7-15(13-16)21-23-17-9-3-4-10-18(17)24-21/h3-4,9-10,15-16H,1-2,5-8,11-14H2,(H,22,26)(H,23,24). The summed E-state index contributed by atoms with van der Waals surface area (Å²) in [7, 11) is 0. The van der Waals surface area contributed by atoms with Crippen LogP contribution in [0.3, 0.4) is 0 Å². The highest BCUT2D eigenvalue weighted by Crippen LogP contribution is 2.32. The van der Waals surface area contributed by atoms with Crippen LogP contribution in [0.25, 0.3) is 11.0 Å². The molecule has 2 unspecified atom stereocenters. The van der Waals surface area contributed by atoms with Crippen LogP contribution in [0.15, 0.2) is 24.3 Å². The molecule has 2 heterocycles. The van der Waals surface area contributed by atoms with Gasteiger partial charge in [-0.25, -0.2) is 4.98 Å². The van der Waals surface area contributed by atoms with E-state index in [0.29, 0.717) is 18.9 Å². The lowest BCUT2D eigenvalue weighted by atomic mass is 9.85. The van der Waals surface area contributed by atoms with Gasteiger partial charge in [0.1, 0.15) is 5.82 Å². The van der Waals surface area contributed by atoms with E-state index in [9.17, 15) is 9.59 Å². The van der Waals surface area contributed by atoms with Crippen molar-refractivity contribution in [2.75, 3.05) is 13.1 Å². The molecule has 2 amide bonds. The molecule has 1 saturated heterocycles. The largest absolute Gasteiger partial charge is 0.352 e. The van der Waals surface area contributed by atoms with Gasteiger partial charge in [0, 0.05) is 24.9 Å². The van der Waals surface area contributed by atoms with Crippen molar-refractivity contribution in [1.29, 1.82) is 0 Å². The number of nitrogens with zero attached hydrogens (tertiary/aromatic N) is 2. The molecule has 0 bridgehead atoms. The van der Waals surface area contributed by atoms with Crippen molar-refractivity contribution in [2.45, 2.75) is 63.3 Å². The van der Waals surface area contributed by atoms with Crippen molar-refractivity contribution >= 4 is 22.8 Å². The molecule has 2 atom stereocenters. The van der Waals surface area contributed by atoms with E-state index in [0.717, 1.165) is 61.8 Å². The van der Waals surface area contributed by atoms with Crippen molar-refractivity contribution in [3.05, 3.63) is 30.1 Å². The second-order valence-electron chi connectivity index (χ2n) is 7.89. The van der Waals surface area contributed by atoms with E-state index in [2.05, 4.69) is 10.3 Å². The predicted octanol–water partition coefficient (Wildman–Crippen LogP) is 3.11. The van der Waals surface area contributed by atoms with E-state index in [-0.39, 0.29) is 24.4 Å². The van der Waals surface area contributed by atoms with Crippen LogP contribution in [-0.2, 0) is 9.59 Å². The van der Waals surface area contributed by atoms with E-state index in [4.69, 9.17) is 4.98 Å². The minimum Gasteiger partial charge on any atom is -0.352 e. The average molecular weight is 368 g/mol. The number of likely N-dealkylation sites (tertiary alicyclic amines) is 1. The van der Waals surface area contributed by atoms with Gasteiger partial charge < -0.3 is 15.2 Å². The summed E-state index contributed by atoms with van der Waals surface area (Å²) in [4.78, 5) is 34.5. The van der Waals surface area contributed by atoms with E-state index >= 15 is 0 Å². The summed E-state index contributed by atoms with van der Waals surface area (Å²) in [6, 6.07) is 8.24. The van der Waals surface area contributed by atoms with Gasteiger partial charge >= 0.3 is 0 Å². The topological polar surface area (TPSA) is 78.1 Å². The fraction of sp³-hybridized carbons (Fsp3) is 0.571. The van der Waals surface area contributed by atoms with Gasteiger partial charge in [0.25, 0.3) is 0 Å². The molecule has 2 fully saturated rings. The number of rotatable bonds is 4. The van der Waals surface area contributed by atoms with Crippen LogP contribution in [0, 0.1) is 0 Å². The summed E-state index contributed by atoms with van der Waals surface area (Å²) in [5, 5.41) is 3.17. The summed E-state index contributed by atoms with van der Waals surface area (Å²) >= 11 is 0. The van der Waals surface area contributed by atoms with Crippen LogP contribution in [-0.4, -0.2) is 45.8 Å². The first-order valence-corrected chi connectivity index (χ1v) is 10.2. The second kappa shape index (κ2) is 8.11. The minimum absolute atomic E-state index is 0.0273. The van der Waals surface area contributed by atoms with Crippen molar-refractivity contribution in [1.82, 2.24) is 20.2 Å². The quantitative estimate of drug-likeness (QED) is 0.870. The molecular weight excluding hydrogens is 340 g/mol. The number of fused-ring (bicyclic) bond motifs is 1. The predicted molar refractivity (Wildman–Crippen MR) is 104 cm³/mol. The lowest BCUT2D eigenvalue weighted by Gasteiger charge is -2.29. The summed E-state index contributed by atoms with van der Waals surface area (Å²) in [6.45, 7) is 0.906. The molecule has 0 radical (unpaired) electrons. The monoisotopic (exact) mass is 368 g/mol. The Balaban J connectivity index is 1.35. The molecule has 0 spiro atoms. The molecule has 4 rings (SSSR count). The number of aromatic nitrogens is 2. The molecule has 27 heavy (non-hydrogen) atoms. The van der Waals surface area contributed by atoms with Crippen molar-refractivity contribution < 1.29 is 9.59 Å². The number of carbonyl (C=O) groups is 2. The maximum absolute atomic E-state index is 12.5. The Labute approximate surface area is 159 Å². The number of imidazole rings is 1. The molecule has 2 aliphatic rings. The second-order valence-corrected chi connectivity index (χ2v) is 7.89. The zero-order chi connectivity index (χ0) is 18.6. The third-order valence-corrected chi connectivity index (χ3v) is 5.84. The fourth-order valence-corrected chi connectivity index (χ4v) is 4.39. The number of para-hydroxylation sites is 2. The van der Waals surface area contributed by atoms with Gasteiger partial charge in [-0.3, -0.25) is 9.59 Å². The fourth-order valence-electron chi connectivity index (χ4n) is 4.39. The van der Waals surface area contributed by atoms with Gasteiger partial charge in [0.15, 0.2) is 0 Å². The number of H-pyrrole nitrogens is 1. The first-order chi connectivity index (χ1) is 13.2. The van der Waals surface area contributed by atoms with Gasteiger partial charge in [-0.1, -0.05) is 25.0 Å². The zero-order valence-corrected chi connectivity index (χ0v) is 15.7. The van der Waals surface area contributed by atoms with Gasteiger partial charge in [0.05, 0.1) is 17.6 Å². The van der Waals surface area contributed by atoms with E-state index in [1.165, 1.54) is 0 Å². The normalized spacial score (nSPS) is 24.0. The highest BCUT2D eigenvalue weighted by atomic mass is 16.2. The van der Waals surface area contributed by atoms with Crippen molar-refractivity contribution in [3.8, 4) is 0 Å². The lowest BCUT2D eigenvalue weighted by molar-refractivity contribution is -0.135. The molecule has 2 N–H and O–H groups in total. The summed E-state index contributed by atoms with van der Waals surface area (Å²) in [6.07, 6.45) is 7.66. The van der Waals surface area contributed by atoms with Crippen LogP contribution < -0.4 is 5.32 Å². The zero-order valence-electron chi connectivity index (χ0n) is 15.7. The van der Waals surface area contributed by atoms with Gasteiger partial charge in [-0.2, -0.15) is 0 Å². The third-order valence-electron chi connectivity index (χ3n) is 5.84. The third kappa shape index (κ3) is 4.31. The van der Waals surface area contributed by atoms with Gasteiger partial charge in [0.2, 0.25) is 11.8 Å². The molecular formula is C21H28N4O2. The molecule has 1 aromatic carbocycles. The molecule has 1 aliphatic carbocycles. The highest BCUT2D eigenvalue weighted by Gasteiger charge is 2.27. The summed E-state index contributed by atoms with van der Waals surface area (Å²) in [5.74, 6) is 1.46. The Morgan fingerprint density at radius 2 is 2.07 bits per heavy atom. The van der Waals surface area contributed by atoms with Crippen LogP contribution in [0.5, 0.6) is 0 Å². The van der Waals surface area contributed by atoms with Gasteiger partial charge in [-0.15, -0.1) is 0 Å². The minimum atomic E-state index is -0.0273. The van der Waals surface area contributed by atoms with E-state index in [1.54, 1.807) is 4.90 Å². The average Bonchev–Trinajstić information content (AvgIpc) is 3.01. The number of aromatic amines is 1. The number of hydrogen-bond acceptors (Lipinski definition) is 3. The molecule has 6 nitrogen and oxygen atoms in total. The first kappa shape index (κ1) is 18.0. The molecule has 6 heteroatoms. The van der Waals surface area contributed by atoms with Gasteiger partial charge in [-0.05, 0) is 44.2 Å². The van der Waals surface area contributed by atoms with Crippen molar-refractivity contribution in [3.63, 3.8) is 0 Å². The van der Waals surface area contributed by atoms with Crippen molar-refractivity contribution in [2.24, 2.45) is 0 Å². The smallest absolute Gasteiger partial charge is 0.239 e. The number of carbonyl (C=O) groups excluding carboxylic acids is 2. The Kier molecular flexibility index (Phi) is 5.41. The molecule has 144 valence electrons. The van der Waals surface area contributed by atoms with Crippen LogP contribution in [0.4, 0.5) is 0 Å². The SMILES string of the molecule is O=C(CN1CCCCCC1=O)NC1CCCC(c2nc3ccccc3[nH]2)C1. The maximum Gasteiger partial charge on any atom is 0.239 e. The number of nitrogens with one attached hydrogen (secondary N) is 2. The van der Waals surface area contributed by atoms with Crippen LogP contribution in [0.1, 0.15) is 63.1 Å². The lowest BCUT2D eigenvalue weighted by Crippen LogP contribution is -2.45. The Morgan fingerprint density at radius 3 is 2.96 bits per heavy atom. The van der Waals surface area contributed by atoms with Crippen LogP contribution in [0.2, 0.25) is 0 Å².